The Hall–Kier alpha value is -3.79. The highest BCUT2D eigenvalue weighted by atomic mass is 19.1. The van der Waals surface area contributed by atoms with Crippen LogP contribution in [0.4, 0.5) is 9.18 Å². The molecule has 1 saturated heterocycles. The number of likely N-dealkylation sites (tertiary alicyclic amines) is 1. The van der Waals surface area contributed by atoms with Crippen LogP contribution in [0.25, 0.3) is 11.1 Å². The van der Waals surface area contributed by atoms with E-state index < -0.39 is 17.5 Å². The van der Waals surface area contributed by atoms with Gasteiger partial charge in [0.2, 0.25) is 0 Å². The molecule has 0 saturated carbocycles. The van der Waals surface area contributed by atoms with E-state index in [1.165, 1.54) is 13.2 Å². The van der Waals surface area contributed by atoms with Crippen molar-refractivity contribution in [2.75, 3.05) is 53.9 Å². The van der Waals surface area contributed by atoms with Gasteiger partial charge >= 0.3 is 6.09 Å². The molecule has 0 aliphatic carbocycles. The number of alkyl carbamates (subject to hydrolysis) is 1. The minimum absolute atomic E-state index is 0.0805. The van der Waals surface area contributed by atoms with Crippen LogP contribution in [0.2, 0.25) is 0 Å². The normalized spacial score (nSPS) is 16.2. The Balaban J connectivity index is 1.55. The monoisotopic (exact) mass is 632 g/mol. The van der Waals surface area contributed by atoms with E-state index in [1.807, 2.05) is 60.4 Å². The van der Waals surface area contributed by atoms with E-state index in [4.69, 9.17) is 4.74 Å². The van der Waals surface area contributed by atoms with Crippen LogP contribution in [-0.2, 0) is 16.9 Å². The van der Waals surface area contributed by atoms with Crippen LogP contribution in [0.15, 0.2) is 66.7 Å². The zero-order valence-corrected chi connectivity index (χ0v) is 27.7. The molecule has 1 heterocycles. The molecular weight excluding hydrogens is 583 g/mol. The summed E-state index contributed by atoms with van der Waals surface area (Å²) in [6.45, 7) is 5.85. The van der Waals surface area contributed by atoms with E-state index >= 15 is 4.39 Å². The highest BCUT2D eigenvalue weighted by molar-refractivity contribution is 5.94. The van der Waals surface area contributed by atoms with Gasteiger partial charge in [0, 0.05) is 43.2 Å². The smallest absolute Gasteiger partial charge is 0.406 e. The third kappa shape index (κ3) is 9.15. The molecular formula is C37H49FN4O4. The second kappa shape index (κ2) is 16.7. The first-order valence-corrected chi connectivity index (χ1v) is 16.3. The van der Waals surface area contributed by atoms with Crippen molar-refractivity contribution in [1.29, 1.82) is 0 Å². The molecule has 0 unspecified atom stereocenters. The molecule has 3 aromatic carbocycles. The molecule has 3 aromatic rings. The summed E-state index contributed by atoms with van der Waals surface area (Å²) >= 11 is 0. The van der Waals surface area contributed by atoms with Gasteiger partial charge in [-0.1, -0.05) is 54.1 Å². The number of benzene rings is 3. The van der Waals surface area contributed by atoms with Crippen LogP contribution in [0.3, 0.4) is 0 Å². The van der Waals surface area contributed by atoms with E-state index in [1.54, 1.807) is 12.1 Å². The van der Waals surface area contributed by atoms with E-state index in [2.05, 4.69) is 29.6 Å². The molecule has 4 rings (SSSR count). The predicted octanol–water partition coefficient (Wildman–Crippen LogP) is 5.72. The first-order valence-electron chi connectivity index (χ1n) is 16.3. The van der Waals surface area contributed by atoms with Gasteiger partial charge in [0.15, 0.2) is 0 Å². The summed E-state index contributed by atoms with van der Waals surface area (Å²) in [7, 11) is 5.44. The zero-order chi connectivity index (χ0) is 33.1. The molecule has 1 aliphatic heterocycles. The van der Waals surface area contributed by atoms with E-state index in [0.717, 1.165) is 37.2 Å². The number of halogens is 1. The molecule has 3 N–H and O–H groups in total. The Kier molecular flexibility index (Phi) is 12.7. The topological polar surface area (TPSA) is 94.1 Å². The zero-order valence-electron chi connectivity index (χ0n) is 27.7. The summed E-state index contributed by atoms with van der Waals surface area (Å²) < 4.78 is 20.4. The van der Waals surface area contributed by atoms with Gasteiger partial charge in [0.25, 0.3) is 5.91 Å². The van der Waals surface area contributed by atoms with Crippen LogP contribution in [0.1, 0.15) is 59.2 Å². The van der Waals surface area contributed by atoms with Crippen LogP contribution in [0, 0.1) is 18.7 Å². The number of carbonyl (C=O) groups is 2. The fraction of sp³-hybridized carbons (Fsp3) is 0.459. The number of rotatable bonds is 14. The molecule has 2 amide bonds. The number of methoxy groups -OCH3 is 1. The van der Waals surface area contributed by atoms with Crippen LogP contribution >= 0.6 is 0 Å². The number of carbonyl (C=O) groups excluding carboxylic acids is 2. The van der Waals surface area contributed by atoms with Gasteiger partial charge in [-0.2, -0.15) is 0 Å². The first-order chi connectivity index (χ1) is 22.1. The fourth-order valence-corrected chi connectivity index (χ4v) is 6.41. The molecule has 2 atom stereocenters. The summed E-state index contributed by atoms with van der Waals surface area (Å²) in [6, 6.07) is 20.2. The van der Waals surface area contributed by atoms with Crippen molar-refractivity contribution in [2.45, 2.75) is 51.2 Å². The van der Waals surface area contributed by atoms with Crippen LogP contribution in [0.5, 0.6) is 0 Å². The molecule has 0 spiro atoms. The Morgan fingerprint density at radius 2 is 1.83 bits per heavy atom. The minimum atomic E-state index is -1.46. The number of ether oxygens (including phenoxy) is 1. The van der Waals surface area contributed by atoms with E-state index in [-0.39, 0.29) is 24.8 Å². The van der Waals surface area contributed by atoms with Crippen molar-refractivity contribution in [3.63, 3.8) is 0 Å². The maximum atomic E-state index is 15.7. The Bertz CT molecular complexity index is 1450. The number of aryl methyl sites for hydroxylation is 1. The average molecular weight is 633 g/mol. The van der Waals surface area contributed by atoms with Crippen molar-refractivity contribution in [3.05, 3.63) is 94.8 Å². The number of nitrogens with zero attached hydrogens (tertiary/aromatic N) is 2. The molecule has 0 aromatic heterocycles. The number of amides is 2. The maximum Gasteiger partial charge on any atom is 0.406 e. The summed E-state index contributed by atoms with van der Waals surface area (Å²) in [4.78, 5) is 29.4. The molecule has 1 fully saturated rings. The van der Waals surface area contributed by atoms with Gasteiger partial charge in [0.1, 0.15) is 5.82 Å². The number of piperidine rings is 1. The largest absolute Gasteiger partial charge is 0.453 e. The molecule has 1 aliphatic rings. The van der Waals surface area contributed by atoms with Crippen molar-refractivity contribution in [1.82, 2.24) is 20.4 Å². The fourth-order valence-electron chi connectivity index (χ4n) is 6.41. The summed E-state index contributed by atoms with van der Waals surface area (Å²) in [5, 5.41) is 18.8. The molecule has 248 valence electrons. The summed E-state index contributed by atoms with van der Waals surface area (Å²) in [5.41, 5.74) is 2.80. The number of hydrogen-bond acceptors (Lipinski definition) is 6. The third-order valence-corrected chi connectivity index (χ3v) is 8.85. The van der Waals surface area contributed by atoms with Crippen molar-refractivity contribution in [2.24, 2.45) is 5.92 Å². The average Bonchev–Trinajstić information content (AvgIpc) is 3.06. The van der Waals surface area contributed by atoms with Gasteiger partial charge in [-0.15, -0.1) is 0 Å². The van der Waals surface area contributed by atoms with Gasteiger partial charge in [0.05, 0.1) is 12.7 Å². The Labute approximate surface area is 272 Å². The highest BCUT2D eigenvalue weighted by Gasteiger charge is 2.43. The number of nitrogens with one attached hydrogen (secondary N) is 2. The number of aliphatic hydroxyl groups is 1. The second-order valence-corrected chi connectivity index (χ2v) is 12.6. The van der Waals surface area contributed by atoms with Gasteiger partial charge < -0.3 is 30.3 Å². The summed E-state index contributed by atoms with van der Waals surface area (Å²) in [5.74, 6) is -0.840. The van der Waals surface area contributed by atoms with Crippen molar-refractivity contribution < 1.29 is 23.8 Å². The predicted molar refractivity (Wildman–Crippen MR) is 180 cm³/mol. The lowest BCUT2D eigenvalue weighted by atomic mass is 9.72. The lowest BCUT2D eigenvalue weighted by molar-refractivity contribution is -0.0564. The Morgan fingerprint density at radius 1 is 1.07 bits per heavy atom. The maximum absolute atomic E-state index is 15.7. The molecule has 46 heavy (non-hydrogen) atoms. The number of hydrogen-bond donors (Lipinski definition) is 3. The van der Waals surface area contributed by atoms with E-state index in [9.17, 15) is 14.7 Å². The van der Waals surface area contributed by atoms with Gasteiger partial charge in [-0.3, -0.25) is 4.79 Å². The SMILES string of the molecule is COC(=O)NCCC[C@@](O)(c1cccc(F)c1-c1cccc(C)c1)[C@@H]1CCCN(C(=O)c2ccc(CNCCCN(C)C)cc2)C1. The van der Waals surface area contributed by atoms with Gasteiger partial charge in [-0.25, -0.2) is 9.18 Å². The Morgan fingerprint density at radius 3 is 2.54 bits per heavy atom. The van der Waals surface area contributed by atoms with Gasteiger partial charge in [-0.05, 0) is 101 Å². The van der Waals surface area contributed by atoms with Crippen LogP contribution in [-0.4, -0.2) is 80.8 Å². The lowest BCUT2D eigenvalue weighted by Crippen LogP contribution is -2.48. The van der Waals surface area contributed by atoms with E-state index in [0.29, 0.717) is 54.6 Å². The standard InChI is InChI=1S/C37H49FN4O4/c1-27-10-5-11-30(24-27)34-32(13-6-14-33(34)38)37(45,19-8-21-40-36(44)46-4)31-12-7-23-42(26-31)35(43)29-17-15-28(16-18-29)25-39-20-9-22-41(2)3/h5-6,10-11,13-18,24,31,39,45H,7-9,12,19-23,25-26H2,1-4H3,(H,40,44)/t31-,37+/m1/s1. The second-order valence-electron chi connectivity index (χ2n) is 12.6. The van der Waals surface area contributed by atoms with Crippen LogP contribution < -0.4 is 10.6 Å². The minimum Gasteiger partial charge on any atom is -0.453 e. The summed E-state index contributed by atoms with van der Waals surface area (Å²) in [6.07, 6.45) is 2.61. The molecule has 8 nitrogen and oxygen atoms in total. The molecule has 0 bridgehead atoms. The lowest BCUT2D eigenvalue weighted by Gasteiger charge is -2.43. The quantitative estimate of drug-likeness (QED) is 0.197. The molecule has 9 heteroatoms. The highest BCUT2D eigenvalue weighted by Crippen LogP contribution is 2.44. The van der Waals surface area contributed by atoms with Crippen molar-refractivity contribution in [3.8, 4) is 11.1 Å². The third-order valence-electron chi connectivity index (χ3n) is 8.85. The van der Waals surface area contributed by atoms with Crippen molar-refractivity contribution >= 4 is 12.0 Å². The first kappa shape index (κ1) is 35.1. The molecule has 0 radical (unpaired) electrons.